The molecule has 0 bridgehead atoms. The Morgan fingerprint density at radius 3 is 2.16 bits per heavy atom. The second kappa shape index (κ2) is 8.19. The van der Waals surface area contributed by atoms with Gasteiger partial charge in [0, 0.05) is 30.2 Å². The molecule has 0 saturated carbocycles. The summed E-state index contributed by atoms with van der Waals surface area (Å²) in [6.45, 7) is 2.09. The number of hydrogen-bond acceptors (Lipinski definition) is 3. The molecule has 6 nitrogen and oxygen atoms in total. The molecule has 2 aromatic carbocycles. The van der Waals surface area contributed by atoms with E-state index in [2.05, 4.69) is 20.9 Å². The first kappa shape index (κ1) is 16.8. The molecule has 3 amide bonds. The van der Waals surface area contributed by atoms with Gasteiger partial charge < -0.3 is 20.9 Å². The molecule has 25 heavy (non-hydrogen) atoms. The second-order valence-corrected chi connectivity index (χ2v) is 5.96. The van der Waals surface area contributed by atoms with Crippen molar-refractivity contribution in [1.82, 2.24) is 5.32 Å². The number of rotatable bonds is 5. The quantitative estimate of drug-likeness (QED) is 0.784. The number of benzene rings is 2. The van der Waals surface area contributed by atoms with E-state index in [0.717, 1.165) is 18.8 Å². The molecule has 1 fully saturated rings. The lowest BCUT2D eigenvalue weighted by Crippen LogP contribution is -2.35. The van der Waals surface area contributed by atoms with E-state index in [1.165, 1.54) is 18.5 Å². The van der Waals surface area contributed by atoms with Crippen LogP contribution >= 0.6 is 0 Å². The van der Waals surface area contributed by atoms with Gasteiger partial charge >= 0.3 is 6.03 Å². The van der Waals surface area contributed by atoms with Crippen LogP contribution in [0.5, 0.6) is 0 Å². The Morgan fingerprint density at radius 2 is 1.48 bits per heavy atom. The lowest BCUT2D eigenvalue weighted by Gasteiger charge is -2.17. The summed E-state index contributed by atoms with van der Waals surface area (Å²) >= 11 is 0. The molecule has 3 rings (SSSR count). The van der Waals surface area contributed by atoms with Gasteiger partial charge in [-0.15, -0.1) is 0 Å². The van der Waals surface area contributed by atoms with Gasteiger partial charge in [-0.05, 0) is 49.2 Å². The highest BCUT2D eigenvalue weighted by atomic mass is 16.2. The fraction of sp³-hybridized carbons (Fsp3) is 0.263. The third-order valence-electron chi connectivity index (χ3n) is 4.06. The van der Waals surface area contributed by atoms with Crippen molar-refractivity contribution in [1.29, 1.82) is 0 Å². The zero-order valence-electron chi connectivity index (χ0n) is 14.0. The SMILES string of the molecule is O=C(CNC(=O)Nc1ccccc1)Nc1ccc(N2CCCC2)cc1. The number of urea groups is 1. The molecule has 1 aliphatic heterocycles. The molecule has 3 N–H and O–H groups in total. The lowest BCUT2D eigenvalue weighted by atomic mass is 10.2. The summed E-state index contributed by atoms with van der Waals surface area (Å²) < 4.78 is 0. The van der Waals surface area contributed by atoms with E-state index in [0.29, 0.717) is 5.69 Å². The molecule has 1 saturated heterocycles. The van der Waals surface area contributed by atoms with Crippen LogP contribution < -0.4 is 20.9 Å². The van der Waals surface area contributed by atoms with Crippen LogP contribution in [0.15, 0.2) is 54.6 Å². The van der Waals surface area contributed by atoms with Crippen LogP contribution in [0.1, 0.15) is 12.8 Å². The van der Waals surface area contributed by atoms with Crippen molar-refractivity contribution < 1.29 is 9.59 Å². The van der Waals surface area contributed by atoms with Gasteiger partial charge in [0.05, 0.1) is 6.54 Å². The summed E-state index contributed by atoms with van der Waals surface area (Å²) in [6.07, 6.45) is 2.46. The largest absolute Gasteiger partial charge is 0.372 e. The second-order valence-electron chi connectivity index (χ2n) is 5.96. The van der Waals surface area contributed by atoms with Crippen LogP contribution in [0.2, 0.25) is 0 Å². The highest BCUT2D eigenvalue weighted by Gasteiger charge is 2.12. The Bertz CT molecular complexity index is 710. The number of carbonyl (C=O) groups is 2. The number of carbonyl (C=O) groups excluding carboxylic acids is 2. The van der Waals surface area contributed by atoms with Gasteiger partial charge in [-0.3, -0.25) is 4.79 Å². The molecule has 1 heterocycles. The monoisotopic (exact) mass is 338 g/mol. The molecular formula is C19H22N4O2. The molecule has 2 aromatic rings. The first-order chi connectivity index (χ1) is 12.2. The number of anilines is 3. The maximum Gasteiger partial charge on any atom is 0.319 e. The standard InChI is InChI=1S/C19H22N4O2/c24-18(14-20-19(25)22-15-6-2-1-3-7-15)21-16-8-10-17(11-9-16)23-12-4-5-13-23/h1-3,6-11H,4-5,12-14H2,(H,21,24)(H2,20,22,25). The van der Waals surface area contributed by atoms with Crippen molar-refractivity contribution in [3.63, 3.8) is 0 Å². The third kappa shape index (κ3) is 4.97. The van der Waals surface area contributed by atoms with Gasteiger partial charge in [0.25, 0.3) is 0 Å². The van der Waals surface area contributed by atoms with E-state index in [-0.39, 0.29) is 12.5 Å². The average molecular weight is 338 g/mol. The fourth-order valence-corrected chi connectivity index (χ4v) is 2.79. The Hall–Kier alpha value is -3.02. The summed E-state index contributed by atoms with van der Waals surface area (Å²) in [7, 11) is 0. The average Bonchev–Trinajstić information content (AvgIpc) is 3.16. The summed E-state index contributed by atoms with van der Waals surface area (Å²) in [6, 6.07) is 16.5. The van der Waals surface area contributed by atoms with Crippen LogP contribution in [0.4, 0.5) is 21.9 Å². The Morgan fingerprint density at radius 1 is 0.840 bits per heavy atom. The van der Waals surface area contributed by atoms with Gasteiger partial charge in [0.15, 0.2) is 0 Å². The van der Waals surface area contributed by atoms with Crippen molar-refractivity contribution in [2.24, 2.45) is 0 Å². The van der Waals surface area contributed by atoms with E-state index in [4.69, 9.17) is 0 Å². The van der Waals surface area contributed by atoms with E-state index in [1.54, 1.807) is 12.1 Å². The van der Waals surface area contributed by atoms with Gasteiger partial charge in [0.1, 0.15) is 0 Å². The minimum absolute atomic E-state index is 0.0907. The molecule has 0 atom stereocenters. The van der Waals surface area contributed by atoms with Crippen LogP contribution in [-0.4, -0.2) is 31.6 Å². The molecule has 1 aliphatic rings. The third-order valence-corrected chi connectivity index (χ3v) is 4.06. The summed E-state index contributed by atoms with van der Waals surface area (Å²) in [4.78, 5) is 26.0. The topological polar surface area (TPSA) is 73.5 Å². The van der Waals surface area contributed by atoms with E-state index < -0.39 is 6.03 Å². The first-order valence-corrected chi connectivity index (χ1v) is 8.45. The van der Waals surface area contributed by atoms with E-state index in [9.17, 15) is 9.59 Å². The molecular weight excluding hydrogens is 316 g/mol. The molecule has 0 aromatic heterocycles. The van der Waals surface area contributed by atoms with E-state index in [1.807, 2.05) is 42.5 Å². The highest BCUT2D eigenvalue weighted by molar-refractivity contribution is 5.97. The minimum atomic E-state index is -0.411. The lowest BCUT2D eigenvalue weighted by molar-refractivity contribution is -0.115. The molecule has 6 heteroatoms. The molecule has 0 aliphatic carbocycles. The summed E-state index contributed by atoms with van der Waals surface area (Å²) in [5.74, 6) is -0.267. The Kier molecular flexibility index (Phi) is 5.51. The van der Waals surface area contributed by atoms with Gasteiger partial charge in [-0.2, -0.15) is 0 Å². The van der Waals surface area contributed by atoms with Crippen molar-refractivity contribution in [3.8, 4) is 0 Å². The maximum absolute atomic E-state index is 11.9. The number of nitrogens with one attached hydrogen (secondary N) is 3. The first-order valence-electron chi connectivity index (χ1n) is 8.45. The van der Waals surface area contributed by atoms with Crippen LogP contribution in [0, 0.1) is 0 Å². The summed E-state index contributed by atoms with van der Waals surface area (Å²) in [5, 5.41) is 7.98. The zero-order chi connectivity index (χ0) is 17.5. The van der Waals surface area contributed by atoms with Crippen LogP contribution in [0.3, 0.4) is 0 Å². The number of amides is 3. The number of nitrogens with zero attached hydrogens (tertiary/aromatic N) is 1. The number of para-hydroxylation sites is 1. The minimum Gasteiger partial charge on any atom is -0.372 e. The number of hydrogen-bond donors (Lipinski definition) is 3. The van der Waals surface area contributed by atoms with Crippen molar-refractivity contribution >= 4 is 29.0 Å². The smallest absolute Gasteiger partial charge is 0.319 e. The van der Waals surface area contributed by atoms with Gasteiger partial charge in [-0.1, -0.05) is 18.2 Å². The molecule has 0 spiro atoms. The summed E-state index contributed by atoms with van der Waals surface area (Å²) in [5.41, 5.74) is 2.58. The molecule has 0 radical (unpaired) electrons. The van der Waals surface area contributed by atoms with Gasteiger partial charge in [0.2, 0.25) is 5.91 Å². The van der Waals surface area contributed by atoms with E-state index >= 15 is 0 Å². The van der Waals surface area contributed by atoms with Crippen LogP contribution in [0.25, 0.3) is 0 Å². The molecule has 0 unspecified atom stereocenters. The predicted molar refractivity (Wildman–Crippen MR) is 100.0 cm³/mol. The maximum atomic E-state index is 11.9. The molecule has 130 valence electrons. The van der Waals surface area contributed by atoms with Crippen LogP contribution in [-0.2, 0) is 4.79 Å². The Labute approximate surface area is 147 Å². The van der Waals surface area contributed by atoms with Crippen molar-refractivity contribution in [3.05, 3.63) is 54.6 Å². The van der Waals surface area contributed by atoms with Gasteiger partial charge in [-0.25, -0.2) is 4.79 Å². The normalized spacial score (nSPS) is 13.4. The highest BCUT2D eigenvalue weighted by Crippen LogP contribution is 2.21. The predicted octanol–water partition coefficient (Wildman–Crippen LogP) is 3.05. The van der Waals surface area contributed by atoms with Crippen molar-refractivity contribution in [2.75, 3.05) is 35.2 Å². The fourth-order valence-electron chi connectivity index (χ4n) is 2.79. The van der Waals surface area contributed by atoms with Crippen molar-refractivity contribution in [2.45, 2.75) is 12.8 Å². The Balaban J connectivity index is 1.43. The zero-order valence-corrected chi connectivity index (χ0v) is 14.0.